The van der Waals surface area contributed by atoms with Crippen LogP contribution in [0.2, 0.25) is 0 Å². The zero-order valence-electron chi connectivity index (χ0n) is 32.2. The number of Topliss-reactive ketones (excluding diaryl/α,β-unsaturated/α-hetero) is 2. The van der Waals surface area contributed by atoms with Crippen LogP contribution in [0.4, 0.5) is 18.4 Å². The molecule has 2 aliphatic heterocycles. The van der Waals surface area contributed by atoms with Crippen LogP contribution < -0.4 is 11.1 Å². The summed E-state index contributed by atoms with van der Waals surface area (Å²) in [6.07, 6.45) is -2.05. The van der Waals surface area contributed by atoms with E-state index in [1.165, 1.54) is 9.80 Å². The molecule has 2 aliphatic rings. The summed E-state index contributed by atoms with van der Waals surface area (Å²) in [5.74, 6) is -5.41. The third-order valence-corrected chi connectivity index (χ3v) is 10.6. The van der Waals surface area contributed by atoms with Gasteiger partial charge in [-0.1, -0.05) is 79.2 Å². The summed E-state index contributed by atoms with van der Waals surface area (Å²) >= 11 is 0. The van der Waals surface area contributed by atoms with Crippen molar-refractivity contribution >= 4 is 40.8 Å². The van der Waals surface area contributed by atoms with Gasteiger partial charge < -0.3 is 34.7 Å². The molecule has 0 bridgehead atoms. The van der Waals surface area contributed by atoms with E-state index in [0.29, 0.717) is 43.3 Å². The smallest absolute Gasteiger partial charge is 0.410 e. The molecule has 4 atom stereocenters. The number of oxazole rings is 1. The standard InChI is InChI=1S/C43H49F2N5O8/c44-43(45)20-23-49(24-21-43)42(55)57-32-26-35(36(51)25-31(15-9-10-22-46)38(52)39-47-33-16-7-8-17-37(33)58-39)50(27-32)40(53)34(19-18-29-11-3-1-4-12-29)48-41(54)56-28-30-13-5-2-6-14-30/h1-8,11-14,16-17,31-32,34-35H,9-10,15,18-28,46H2,(H,48,54)/t31-,32-,34-,35+/m1/s1. The Morgan fingerprint density at radius 1 is 0.897 bits per heavy atom. The van der Waals surface area contributed by atoms with Crippen molar-refractivity contribution in [2.75, 3.05) is 26.2 Å². The molecule has 2 fully saturated rings. The quantitative estimate of drug-likeness (QED) is 0.0889. The molecule has 3 amide bonds. The lowest BCUT2D eigenvalue weighted by Gasteiger charge is -2.31. The maximum Gasteiger partial charge on any atom is 0.410 e. The second-order valence-corrected chi connectivity index (χ2v) is 14.9. The predicted octanol–water partition coefficient (Wildman–Crippen LogP) is 6.48. The lowest BCUT2D eigenvalue weighted by Crippen LogP contribution is -2.52. The van der Waals surface area contributed by atoms with Gasteiger partial charge in [-0.2, -0.15) is 0 Å². The third kappa shape index (κ3) is 11.2. The maximum absolute atomic E-state index is 14.6. The Kier molecular flexibility index (Phi) is 14.2. The minimum Gasteiger partial charge on any atom is -0.445 e. The summed E-state index contributed by atoms with van der Waals surface area (Å²) in [6.45, 7) is -0.276. The number of ether oxygens (including phenoxy) is 2. The molecule has 0 unspecified atom stereocenters. The Bertz CT molecular complexity index is 1990. The average molecular weight is 802 g/mol. The fourth-order valence-corrected chi connectivity index (χ4v) is 7.38. The van der Waals surface area contributed by atoms with Crippen molar-refractivity contribution in [3.05, 3.63) is 102 Å². The number of amides is 3. The minimum atomic E-state index is -2.88. The van der Waals surface area contributed by atoms with Crippen molar-refractivity contribution in [1.82, 2.24) is 20.1 Å². The Balaban J connectivity index is 1.24. The second kappa shape index (κ2) is 19.6. The number of likely N-dealkylation sites (tertiary alicyclic amines) is 2. The molecule has 6 rings (SSSR count). The Hall–Kier alpha value is -5.70. The number of ketones is 2. The number of carbonyl (C=O) groups is 5. The van der Waals surface area contributed by atoms with E-state index in [4.69, 9.17) is 19.6 Å². The zero-order chi connectivity index (χ0) is 41.1. The number of hydrogen-bond donors (Lipinski definition) is 2. The Morgan fingerprint density at radius 3 is 2.26 bits per heavy atom. The zero-order valence-corrected chi connectivity index (χ0v) is 32.2. The molecule has 15 heteroatoms. The molecule has 2 saturated heterocycles. The molecule has 4 aromatic rings. The van der Waals surface area contributed by atoms with E-state index in [1.807, 2.05) is 36.4 Å². The first-order valence-electron chi connectivity index (χ1n) is 19.8. The van der Waals surface area contributed by atoms with Gasteiger partial charge in [-0.15, -0.1) is 0 Å². The number of carbonyl (C=O) groups excluding carboxylic acids is 5. The highest BCUT2D eigenvalue weighted by Gasteiger charge is 2.45. The van der Waals surface area contributed by atoms with Gasteiger partial charge in [0.1, 0.15) is 24.3 Å². The molecule has 3 aromatic carbocycles. The van der Waals surface area contributed by atoms with E-state index in [1.54, 1.807) is 48.5 Å². The largest absolute Gasteiger partial charge is 0.445 e. The van der Waals surface area contributed by atoms with Gasteiger partial charge in [-0.25, -0.2) is 23.4 Å². The van der Waals surface area contributed by atoms with Crippen LogP contribution in [0.25, 0.3) is 11.1 Å². The number of aryl methyl sites for hydroxylation is 1. The number of nitrogens with zero attached hydrogens (tertiary/aromatic N) is 3. The van der Waals surface area contributed by atoms with E-state index >= 15 is 0 Å². The second-order valence-electron chi connectivity index (χ2n) is 14.9. The van der Waals surface area contributed by atoms with Crippen LogP contribution in [-0.2, 0) is 32.1 Å². The number of alkyl halides is 2. The number of nitrogens with two attached hydrogens (primary N) is 1. The molecule has 1 aromatic heterocycles. The van der Waals surface area contributed by atoms with Crippen LogP contribution in [-0.4, -0.2) is 94.7 Å². The molecule has 3 heterocycles. The van der Waals surface area contributed by atoms with Gasteiger partial charge in [0, 0.05) is 44.7 Å². The monoisotopic (exact) mass is 801 g/mol. The molecule has 0 aliphatic carbocycles. The molecule has 308 valence electrons. The number of benzene rings is 3. The minimum absolute atomic E-state index is 0.0444. The first kappa shape index (κ1) is 41.9. The van der Waals surface area contributed by atoms with E-state index in [9.17, 15) is 32.8 Å². The maximum atomic E-state index is 14.6. The third-order valence-electron chi connectivity index (χ3n) is 10.6. The van der Waals surface area contributed by atoms with Crippen LogP contribution in [0, 0.1) is 5.92 Å². The molecule has 0 spiro atoms. The first-order chi connectivity index (χ1) is 28.0. The number of aromatic nitrogens is 1. The van der Waals surface area contributed by atoms with Gasteiger partial charge in [-0.05, 0) is 55.5 Å². The van der Waals surface area contributed by atoms with E-state index in [0.717, 1.165) is 11.1 Å². The fourth-order valence-electron chi connectivity index (χ4n) is 7.38. The summed E-state index contributed by atoms with van der Waals surface area (Å²) in [7, 11) is 0. The summed E-state index contributed by atoms with van der Waals surface area (Å²) < 4.78 is 44.8. The number of alkyl carbamates (subject to hydrolysis) is 1. The number of nitrogens with one attached hydrogen (secondary N) is 1. The summed E-state index contributed by atoms with van der Waals surface area (Å²) in [6, 6.07) is 23.0. The van der Waals surface area contributed by atoms with Crippen LogP contribution in [0.1, 0.15) is 73.2 Å². The number of rotatable bonds is 17. The highest BCUT2D eigenvalue weighted by atomic mass is 19.3. The van der Waals surface area contributed by atoms with Gasteiger partial charge in [-0.3, -0.25) is 14.4 Å². The van der Waals surface area contributed by atoms with Gasteiger partial charge in [0.25, 0.3) is 11.8 Å². The van der Waals surface area contributed by atoms with Gasteiger partial charge in [0.15, 0.2) is 11.4 Å². The van der Waals surface area contributed by atoms with Crippen LogP contribution in [0.5, 0.6) is 0 Å². The normalized spacial score (nSPS) is 18.7. The van der Waals surface area contributed by atoms with Crippen molar-refractivity contribution in [3.8, 4) is 0 Å². The van der Waals surface area contributed by atoms with Crippen LogP contribution in [0.3, 0.4) is 0 Å². The van der Waals surface area contributed by atoms with Crippen LogP contribution in [0.15, 0.2) is 89.3 Å². The number of unbranched alkanes of at least 4 members (excludes halogenated alkanes) is 1. The lowest BCUT2D eigenvalue weighted by molar-refractivity contribution is -0.139. The fraction of sp³-hybridized carbons (Fsp3) is 0.442. The Morgan fingerprint density at radius 2 is 1.57 bits per heavy atom. The highest BCUT2D eigenvalue weighted by Crippen LogP contribution is 2.31. The molecular weight excluding hydrogens is 752 g/mol. The SMILES string of the molecule is NCCCC[C@H](CC(=O)[C@@H]1C[C@@H](OC(=O)N2CCC(F)(F)CC2)CN1C(=O)[C@@H](CCc1ccccc1)NC(=O)OCc1ccccc1)C(=O)c1nc2ccccc2o1. The van der Waals surface area contributed by atoms with Crippen LogP contribution >= 0.6 is 0 Å². The summed E-state index contributed by atoms with van der Waals surface area (Å²) in [5.41, 5.74) is 8.31. The molecule has 58 heavy (non-hydrogen) atoms. The number of hydrogen-bond acceptors (Lipinski definition) is 10. The van der Waals surface area contributed by atoms with Crippen molar-refractivity contribution in [2.45, 2.75) is 88.5 Å². The number of piperidine rings is 1. The van der Waals surface area contributed by atoms with Crippen molar-refractivity contribution in [1.29, 1.82) is 0 Å². The topological polar surface area (TPSA) is 174 Å². The molecule has 13 nitrogen and oxygen atoms in total. The van der Waals surface area contributed by atoms with Gasteiger partial charge in [0.2, 0.25) is 11.7 Å². The summed E-state index contributed by atoms with van der Waals surface area (Å²) in [4.78, 5) is 76.2. The van der Waals surface area contributed by atoms with Crippen molar-refractivity contribution < 1.29 is 46.6 Å². The average Bonchev–Trinajstić information content (AvgIpc) is 3.86. The van der Waals surface area contributed by atoms with E-state index in [-0.39, 0.29) is 51.4 Å². The molecule has 0 radical (unpaired) electrons. The van der Waals surface area contributed by atoms with Gasteiger partial charge in [0.05, 0.1) is 12.6 Å². The first-order valence-corrected chi connectivity index (χ1v) is 19.8. The highest BCUT2D eigenvalue weighted by molar-refractivity contribution is 6.00. The van der Waals surface area contributed by atoms with E-state index in [2.05, 4.69) is 10.3 Å². The predicted molar refractivity (Wildman–Crippen MR) is 209 cm³/mol. The molecule has 0 saturated carbocycles. The molecule has 3 N–H and O–H groups in total. The van der Waals surface area contributed by atoms with E-state index < -0.39 is 72.5 Å². The van der Waals surface area contributed by atoms with Crippen molar-refractivity contribution in [2.24, 2.45) is 11.7 Å². The molecular formula is C43H49F2N5O8. The number of para-hydroxylation sites is 2. The number of fused-ring (bicyclic) bond motifs is 1. The van der Waals surface area contributed by atoms with Gasteiger partial charge >= 0.3 is 12.2 Å². The van der Waals surface area contributed by atoms with Crippen molar-refractivity contribution in [3.63, 3.8) is 0 Å². The lowest BCUT2D eigenvalue weighted by atomic mass is 9.89. The summed E-state index contributed by atoms with van der Waals surface area (Å²) in [5, 5.41) is 2.70. The number of halogens is 2. The Labute approximate surface area is 335 Å².